The fourth-order valence-electron chi connectivity index (χ4n) is 1.98. The molecule has 5 heteroatoms. The molecule has 1 aromatic carbocycles. The van der Waals surface area contributed by atoms with E-state index in [1.165, 1.54) is 7.11 Å². The van der Waals surface area contributed by atoms with Crippen LogP contribution in [0.25, 0.3) is 21.9 Å². The van der Waals surface area contributed by atoms with Gasteiger partial charge in [-0.25, -0.2) is 4.79 Å². The van der Waals surface area contributed by atoms with Crippen LogP contribution in [0.2, 0.25) is 0 Å². The highest BCUT2D eigenvalue weighted by atomic mass is 35.5. The Morgan fingerprint density at radius 3 is 2.83 bits per heavy atom. The third kappa shape index (κ3) is 1.49. The van der Waals surface area contributed by atoms with Crippen LogP contribution >= 0.6 is 11.6 Å². The lowest BCUT2D eigenvalue weighted by molar-refractivity contribution is 0.402. The number of hydrogen-bond acceptors (Lipinski definition) is 4. The molecular formula is C13H9ClO4. The largest absolute Gasteiger partial charge is 0.490 e. The van der Waals surface area contributed by atoms with E-state index in [0.717, 1.165) is 10.8 Å². The number of rotatable bonds is 2. The molecule has 0 radical (unpaired) electrons. The van der Waals surface area contributed by atoms with Gasteiger partial charge in [-0.3, -0.25) is 0 Å². The van der Waals surface area contributed by atoms with Crippen molar-refractivity contribution in [1.29, 1.82) is 0 Å². The number of furan rings is 1. The molecule has 2 aromatic heterocycles. The van der Waals surface area contributed by atoms with Gasteiger partial charge in [0.2, 0.25) is 5.75 Å². The van der Waals surface area contributed by atoms with Crippen molar-refractivity contribution in [2.24, 2.45) is 0 Å². The van der Waals surface area contributed by atoms with Gasteiger partial charge in [-0.1, -0.05) is 0 Å². The third-order valence-corrected chi connectivity index (χ3v) is 3.10. The molecule has 2 heterocycles. The predicted molar refractivity (Wildman–Crippen MR) is 68.4 cm³/mol. The van der Waals surface area contributed by atoms with E-state index in [9.17, 15) is 4.79 Å². The second kappa shape index (κ2) is 4.07. The zero-order chi connectivity index (χ0) is 12.7. The number of ether oxygens (including phenoxy) is 1. The van der Waals surface area contributed by atoms with Crippen molar-refractivity contribution >= 4 is 33.5 Å². The molecule has 0 aliphatic carbocycles. The van der Waals surface area contributed by atoms with Crippen LogP contribution < -0.4 is 10.4 Å². The summed E-state index contributed by atoms with van der Waals surface area (Å²) in [5.74, 6) is 0.537. The molecule has 18 heavy (non-hydrogen) atoms. The van der Waals surface area contributed by atoms with Crippen molar-refractivity contribution in [3.05, 3.63) is 40.4 Å². The van der Waals surface area contributed by atoms with E-state index < -0.39 is 5.63 Å². The summed E-state index contributed by atoms with van der Waals surface area (Å²) in [7, 11) is 1.51. The van der Waals surface area contributed by atoms with E-state index >= 15 is 0 Å². The maximum atomic E-state index is 11.7. The first-order valence-electron chi connectivity index (χ1n) is 5.31. The van der Waals surface area contributed by atoms with Crippen molar-refractivity contribution in [3.63, 3.8) is 0 Å². The third-order valence-electron chi connectivity index (χ3n) is 2.82. The topological polar surface area (TPSA) is 52.6 Å². The van der Waals surface area contributed by atoms with E-state index in [4.69, 9.17) is 25.2 Å². The first-order valence-corrected chi connectivity index (χ1v) is 5.85. The number of halogens is 1. The monoisotopic (exact) mass is 264 g/mol. The molecule has 92 valence electrons. The van der Waals surface area contributed by atoms with Crippen LogP contribution in [-0.2, 0) is 5.88 Å². The van der Waals surface area contributed by atoms with E-state index in [1.807, 2.05) is 12.1 Å². The molecule has 0 aliphatic heterocycles. The summed E-state index contributed by atoms with van der Waals surface area (Å²) in [6.45, 7) is 0. The summed E-state index contributed by atoms with van der Waals surface area (Å²) in [6, 6.07) is 5.40. The Morgan fingerprint density at radius 2 is 2.11 bits per heavy atom. The summed E-state index contributed by atoms with van der Waals surface area (Å²) in [6.07, 6.45) is 1.56. The summed E-state index contributed by atoms with van der Waals surface area (Å²) in [4.78, 5) is 11.7. The average Bonchev–Trinajstić information content (AvgIpc) is 2.83. The van der Waals surface area contributed by atoms with Gasteiger partial charge in [0.25, 0.3) is 0 Å². The van der Waals surface area contributed by atoms with Gasteiger partial charge < -0.3 is 13.6 Å². The fraction of sp³-hybridized carbons (Fsp3) is 0.154. The summed E-state index contributed by atoms with van der Waals surface area (Å²) >= 11 is 5.69. The number of methoxy groups -OCH3 is 1. The Morgan fingerprint density at radius 1 is 1.28 bits per heavy atom. The van der Waals surface area contributed by atoms with Crippen LogP contribution in [-0.4, -0.2) is 7.11 Å². The zero-order valence-corrected chi connectivity index (χ0v) is 10.3. The Hall–Kier alpha value is -1.94. The molecule has 0 atom stereocenters. The predicted octanol–water partition coefficient (Wildman–Crippen LogP) is 3.29. The molecule has 0 aliphatic rings. The van der Waals surface area contributed by atoms with Crippen LogP contribution in [0.1, 0.15) is 5.56 Å². The van der Waals surface area contributed by atoms with E-state index in [1.54, 1.807) is 12.3 Å². The maximum absolute atomic E-state index is 11.7. The molecule has 0 fully saturated rings. The molecule has 3 rings (SSSR count). The van der Waals surface area contributed by atoms with Gasteiger partial charge in [-0.15, -0.1) is 11.6 Å². The molecular weight excluding hydrogens is 256 g/mol. The number of fused-ring (bicyclic) bond motifs is 2. The van der Waals surface area contributed by atoms with Gasteiger partial charge >= 0.3 is 5.63 Å². The number of hydrogen-bond donors (Lipinski definition) is 0. The maximum Gasteiger partial charge on any atom is 0.340 e. The Labute approximate surface area is 107 Å². The van der Waals surface area contributed by atoms with Gasteiger partial charge in [-0.2, -0.15) is 0 Å². The summed E-state index contributed by atoms with van der Waals surface area (Å²) < 4.78 is 15.9. The second-order valence-electron chi connectivity index (χ2n) is 3.86. The lowest BCUT2D eigenvalue weighted by Crippen LogP contribution is -2.05. The number of benzene rings is 1. The highest BCUT2D eigenvalue weighted by Crippen LogP contribution is 2.34. The minimum atomic E-state index is -0.457. The zero-order valence-electron chi connectivity index (χ0n) is 9.53. The molecule has 4 nitrogen and oxygen atoms in total. The minimum Gasteiger partial charge on any atom is -0.490 e. The minimum absolute atomic E-state index is 0.115. The average molecular weight is 265 g/mol. The van der Waals surface area contributed by atoms with Crippen LogP contribution in [0.3, 0.4) is 0 Å². The van der Waals surface area contributed by atoms with Gasteiger partial charge in [0.1, 0.15) is 0 Å². The molecule has 0 unspecified atom stereocenters. The van der Waals surface area contributed by atoms with Crippen LogP contribution in [0.5, 0.6) is 5.75 Å². The molecule has 0 amide bonds. The van der Waals surface area contributed by atoms with Crippen molar-refractivity contribution in [1.82, 2.24) is 0 Å². The highest BCUT2D eigenvalue weighted by Gasteiger charge is 2.15. The molecule has 0 spiro atoms. The quantitative estimate of drug-likeness (QED) is 0.526. The standard InChI is InChI=1S/C13H9ClO4/c1-16-12-10-7(2-3-17-10)4-8-5-9(6-14)13(15)18-11(8)12/h2-5H,6H2,1H3. The Kier molecular flexibility index (Phi) is 2.52. The highest BCUT2D eigenvalue weighted by molar-refractivity contribution is 6.17. The molecule has 0 saturated carbocycles. The van der Waals surface area contributed by atoms with Crippen molar-refractivity contribution < 1.29 is 13.6 Å². The molecule has 0 saturated heterocycles. The molecule has 0 bridgehead atoms. The Balaban J connectivity index is 2.51. The van der Waals surface area contributed by atoms with Gasteiger partial charge in [-0.05, 0) is 18.2 Å². The fourth-order valence-corrected chi connectivity index (χ4v) is 2.17. The van der Waals surface area contributed by atoms with Gasteiger partial charge in [0.15, 0.2) is 11.2 Å². The molecule has 0 N–H and O–H groups in total. The van der Waals surface area contributed by atoms with E-state index in [2.05, 4.69) is 0 Å². The normalized spacial score (nSPS) is 11.2. The lowest BCUT2D eigenvalue weighted by atomic mass is 10.1. The van der Waals surface area contributed by atoms with E-state index in [0.29, 0.717) is 22.5 Å². The van der Waals surface area contributed by atoms with Gasteiger partial charge in [0, 0.05) is 10.8 Å². The smallest absolute Gasteiger partial charge is 0.340 e. The van der Waals surface area contributed by atoms with Crippen molar-refractivity contribution in [2.45, 2.75) is 5.88 Å². The lowest BCUT2D eigenvalue weighted by Gasteiger charge is -2.05. The SMILES string of the molecule is COc1c2occc2cc2cc(CCl)c(=O)oc12. The van der Waals surface area contributed by atoms with Crippen LogP contribution in [0.4, 0.5) is 0 Å². The summed E-state index contributed by atoms with van der Waals surface area (Å²) in [5.41, 5.74) is 0.904. The van der Waals surface area contributed by atoms with Crippen molar-refractivity contribution in [3.8, 4) is 5.75 Å². The van der Waals surface area contributed by atoms with Crippen LogP contribution in [0, 0.1) is 0 Å². The molecule has 3 aromatic rings. The van der Waals surface area contributed by atoms with Gasteiger partial charge in [0.05, 0.1) is 24.8 Å². The first-order chi connectivity index (χ1) is 8.74. The van der Waals surface area contributed by atoms with Crippen LogP contribution in [0.15, 0.2) is 38.1 Å². The van der Waals surface area contributed by atoms with Crippen molar-refractivity contribution in [2.75, 3.05) is 7.11 Å². The first kappa shape index (κ1) is 11.2. The van der Waals surface area contributed by atoms with E-state index in [-0.39, 0.29) is 5.88 Å². The Bertz CT molecular complexity index is 785. The number of alkyl halides is 1. The summed E-state index contributed by atoms with van der Waals surface area (Å²) in [5, 5.41) is 1.64. The second-order valence-corrected chi connectivity index (χ2v) is 4.13.